The zero-order valence-corrected chi connectivity index (χ0v) is 19.5. The van der Waals surface area contributed by atoms with E-state index in [1.54, 1.807) is 14.2 Å². The Balaban J connectivity index is 1.46. The van der Waals surface area contributed by atoms with Crippen LogP contribution in [0.2, 0.25) is 0 Å². The number of carboxylic acid groups (broad SMARTS) is 1. The highest BCUT2D eigenvalue weighted by Crippen LogP contribution is 2.32. The van der Waals surface area contributed by atoms with Crippen LogP contribution < -0.4 is 15.5 Å². The maximum absolute atomic E-state index is 12.0. The van der Waals surface area contributed by atoms with E-state index in [2.05, 4.69) is 15.5 Å². The average Bonchev–Trinajstić information content (AvgIpc) is 3.20. The maximum Gasteiger partial charge on any atom is 0.372 e. The molecule has 0 saturated carbocycles. The van der Waals surface area contributed by atoms with Crippen LogP contribution >= 0.6 is 0 Å². The number of furan rings is 1. The van der Waals surface area contributed by atoms with E-state index in [4.69, 9.17) is 13.9 Å². The second kappa shape index (κ2) is 10.5. The number of fused-ring (bicyclic) bond motifs is 1. The summed E-state index contributed by atoms with van der Waals surface area (Å²) in [5.41, 5.74) is 1.97. The van der Waals surface area contributed by atoms with Crippen molar-refractivity contribution in [1.29, 1.82) is 0 Å². The van der Waals surface area contributed by atoms with Crippen LogP contribution in [0.5, 0.6) is 0 Å². The first kappa shape index (κ1) is 24.2. The van der Waals surface area contributed by atoms with Gasteiger partial charge in [0.15, 0.2) is 6.29 Å². The number of nitrogens with zero attached hydrogens (tertiary/aromatic N) is 1. The van der Waals surface area contributed by atoms with E-state index in [-0.39, 0.29) is 30.9 Å². The molecule has 1 atom stereocenters. The van der Waals surface area contributed by atoms with Crippen LogP contribution in [0.25, 0.3) is 11.0 Å². The third kappa shape index (κ3) is 5.24. The molecule has 3 heterocycles. The van der Waals surface area contributed by atoms with Crippen LogP contribution in [0.15, 0.2) is 22.6 Å². The number of ether oxygens (including phenoxy) is 2. The zero-order valence-electron chi connectivity index (χ0n) is 19.5. The number of nitrogens with one attached hydrogen (secondary N) is 2. The number of benzene rings is 1. The molecule has 34 heavy (non-hydrogen) atoms. The molecule has 2 amide bonds. The summed E-state index contributed by atoms with van der Waals surface area (Å²) in [6.45, 7) is 1.91. The van der Waals surface area contributed by atoms with Crippen LogP contribution in [0.1, 0.15) is 48.2 Å². The van der Waals surface area contributed by atoms with Gasteiger partial charge in [0.2, 0.25) is 17.6 Å². The van der Waals surface area contributed by atoms with Gasteiger partial charge in [-0.25, -0.2) is 4.79 Å². The summed E-state index contributed by atoms with van der Waals surface area (Å²) < 4.78 is 16.4. The highest BCUT2D eigenvalue weighted by atomic mass is 16.7. The molecule has 184 valence electrons. The fraction of sp³-hybridized carbons (Fsp3) is 0.542. The summed E-state index contributed by atoms with van der Waals surface area (Å²) >= 11 is 0. The number of imide groups is 1. The lowest BCUT2D eigenvalue weighted by Crippen LogP contribution is -2.50. The number of aromatic carboxylic acids is 1. The van der Waals surface area contributed by atoms with Crippen molar-refractivity contribution in [2.24, 2.45) is 5.92 Å². The zero-order chi connectivity index (χ0) is 24.2. The lowest BCUT2D eigenvalue weighted by Gasteiger charge is -2.34. The molecule has 1 aromatic carbocycles. The molecule has 2 aromatic rings. The topological polar surface area (TPSA) is 130 Å². The Morgan fingerprint density at radius 3 is 2.62 bits per heavy atom. The van der Waals surface area contributed by atoms with Crippen molar-refractivity contribution < 1.29 is 33.4 Å². The molecule has 2 saturated heterocycles. The summed E-state index contributed by atoms with van der Waals surface area (Å²) in [6.07, 6.45) is 3.33. The number of carbonyl (C=O) groups is 3. The van der Waals surface area contributed by atoms with E-state index in [1.165, 1.54) is 0 Å². The van der Waals surface area contributed by atoms with E-state index in [1.807, 2.05) is 18.2 Å². The molecular weight excluding hydrogens is 442 g/mol. The van der Waals surface area contributed by atoms with Crippen LogP contribution in [0.3, 0.4) is 0 Å². The summed E-state index contributed by atoms with van der Waals surface area (Å²) in [4.78, 5) is 37.5. The van der Waals surface area contributed by atoms with Gasteiger partial charge in [0.1, 0.15) is 5.58 Å². The quantitative estimate of drug-likeness (QED) is 0.371. The highest BCUT2D eigenvalue weighted by Gasteiger charge is 2.28. The predicted octanol–water partition coefficient (Wildman–Crippen LogP) is 2.25. The number of amides is 2. The van der Waals surface area contributed by atoms with Crippen molar-refractivity contribution >= 4 is 34.4 Å². The molecule has 1 unspecified atom stereocenters. The second-order valence-electron chi connectivity index (χ2n) is 8.85. The van der Waals surface area contributed by atoms with Gasteiger partial charge >= 0.3 is 5.97 Å². The molecule has 3 N–H and O–H groups in total. The van der Waals surface area contributed by atoms with E-state index in [9.17, 15) is 19.5 Å². The van der Waals surface area contributed by atoms with Crippen molar-refractivity contribution in [3.63, 3.8) is 0 Å². The van der Waals surface area contributed by atoms with Crippen molar-refractivity contribution in [2.75, 3.05) is 32.2 Å². The third-order valence-electron chi connectivity index (χ3n) is 6.77. The molecule has 0 radical (unpaired) electrons. The number of carbonyl (C=O) groups excluding carboxylic acids is 2. The first-order valence-corrected chi connectivity index (χ1v) is 11.6. The average molecular weight is 474 g/mol. The predicted molar refractivity (Wildman–Crippen MR) is 124 cm³/mol. The molecule has 1 aromatic heterocycles. The number of piperidine rings is 2. The van der Waals surface area contributed by atoms with E-state index in [0.29, 0.717) is 28.9 Å². The molecule has 0 aliphatic carbocycles. The number of hydrogen-bond acceptors (Lipinski definition) is 8. The van der Waals surface area contributed by atoms with Gasteiger partial charge in [0, 0.05) is 69.4 Å². The summed E-state index contributed by atoms with van der Waals surface area (Å²) in [5.74, 6) is -1.47. The van der Waals surface area contributed by atoms with Gasteiger partial charge in [-0.2, -0.15) is 0 Å². The van der Waals surface area contributed by atoms with Crippen molar-refractivity contribution in [3.8, 4) is 0 Å². The number of hydrogen-bond donors (Lipinski definition) is 3. The molecule has 2 aliphatic heterocycles. The van der Waals surface area contributed by atoms with Gasteiger partial charge in [-0.15, -0.1) is 0 Å². The minimum Gasteiger partial charge on any atom is -0.475 e. The smallest absolute Gasteiger partial charge is 0.372 e. The number of methoxy groups -OCH3 is 2. The summed E-state index contributed by atoms with van der Waals surface area (Å²) in [5, 5.41) is 15.7. The highest BCUT2D eigenvalue weighted by molar-refractivity contribution is 6.00. The number of anilines is 1. The summed E-state index contributed by atoms with van der Waals surface area (Å²) in [7, 11) is 3.31. The van der Waals surface area contributed by atoms with Crippen molar-refractivity contribution in [1.82, 2.24) is 10.6 Å². The van der Waals surface area contributed by atoms with Crippen LogP contribution in [0, 0.1) is 5.92 Å². The maximum atomic E-state index is 12.0. The minimum absolute atomic E-state index is 0.143. The summed E-state index contributed by atoms with van der Waals surface area (Å²) in [6, 6.07) is 5.18. The largest absolute Gasteiger partial charge is 0.475 e. The molecule has 0 bridgehead atoms. The van der Waals surface area contributed by atoms with Crippen LogP contribution in [-0.2, 0) is 25.6 Å². The van der Waals surface area contributed by atoms with Crippen molar-refractivity contribution in [3.05, 3.63) is 29.5 Å². The molecule has 2 fully saturated rings. The molecule has 2 aliphatic rings. The SMILES string of the molecule is COC(CC1CCN(c2ccc3c(CNC4CCC(=O)NC4=O)c(C(=O)O)oc3c2)CC1)OC. The Kier molecular flexibility index (Phi) is 7.50. The van der Waals surface area contributed by atoms with Crippen molar-refractivity contribution in [2.45, 2.75) is 51.0 Å². The third-order valence-corrected chi connectivity index (χ3v) is 6.77. The van der Waals surface area contributed by atoms with Gasteiger partial charge in [-0.3, -0.25) is 14.9 Å². The Hall–Kier alpha value is -2.95. The van der Waals surface area contributed by atoms with Crippen LogP contribution in [-0.4, -0.2) is 62.5 Å². The first-order valence-electron chi connectivity index (χ1n) is 11.6. The first-order chi connectivity index (χ1) is 16.4. The molecule has 10 nitrogen and oxygen atoms in total. The lowest BCUT2D eigenvalue weighted by molar-refractivity contribution is -0.134. The fourth-order valence-corrected chi connectivity index (χ4v) is 4.78. The van der Waals surface area contributed by atoms with Gasteiger partial charge in [-0.05, 0) is 37.3 Å². The Morgan fingerprint density at radius 2 is 1.97 bits per heavy atom. The van der Waals surface area contributed by atoms with Gasteiger partial charge in [-0.1, -0.05) is 0 Å². The fourth-order valence-electron chi connectivity index (χ4n) is 4.78. The minimum atomic E-state index is -1.16. The standard InChI is InChI=1S/C24H31N3O7/c1-32-21(33-2)11-14-7-9-27(10-8-14)15-3-4-16-17(22(24(30)31)34-19(16)12-15)13-25-18-5-6-20(28)26-23(18)29/h3-4,12,14,18,21,25H,5-11,13H2,1-2H3,(H,30,31)(H,26,28,29). The number of rotatable bonds is 9. The molecular formula is C24H31N3O7. The van der Waals surface area contributed by atoms with E-state index < -0.39 is 17.9 Å². The normalized spacial score (nSPS) is 19.7. The Bertz CT molecular complexity index is 1050. The molecule has 0 spiro atoms. The Labute approximate surface area is 197 Å². The lowest BCUT2D eigenvalue weighted by atomic mass is 9.93. The van der Waals surface area contributed by atoms with Gasteiger partial charge < -0.3 is 29.2 Å². The molecule has 10 heteroatoms. The number of carboxylic acids is 1. The second-order valence-corrected chi connectivity index (χ2v) is 8.85. The molecule has 4 rings (SSSR count). The monoisotopic (exact) mass is 473 g/mol. The van der Waals surface area contributed by atoms with Gasteiger partial charge in [0.05, 0.1) is 6.04 Å². The van der Waals surface area contributed by atoms with E-state index >= 15 is 0 Å². The Morgan fingerprint density at radius 1 is 1.24 bits per heavy atom. The van der Waals surface area contributed by atoms with E-state index in [0.717, 1.165) is 38.0 Å². The van der Waals surface area contributed by atoms with Gasteiger partial charge in [0.25, 0.3) is 0 Å². The van der Waals surface area contributed by atoms with Crippen LogP contribution in [0.4, 0.5) is 5.69 Å².